The lowest BCUT2D eigenvalue weighted by Gasteiger charge is -2.10. The summed E-state index contributed by atoms with van der Waals surface area (Å²) in [4.78, 5) is 8.17. The van der Waals surface area contributed by atoms with E-state index < -0.39 is 0 Å². The lowest BCUT2D eigenvalue weighted by Crippen LogP contribution is -2.08. The molecule has 0 aliphatic rings. The van der Waals surface area contributed by atoms with Gasteiger partial charge in [-0.2, -0.15) is 0 Å². The van der Waals surface area contributed by atoms with Crippen molar-refractivity contribution in [2.24, 2.45) is 0 Å². The van der Waals surface area contributed by atoms with E-state index in [1.807, 2.05) is 20.8 Å². The second kappa shape index (κ2) is 2.97. The Morgan fingerprint density at radius 2 is 1.75 bits per heavy atom. The second-order valence-electron chi connectivity index (χ2n) is 3.11. The zero-order valence-corrected chi connectivity index (χ0v) is 7.63. The number of hydrogen-bond acceptors (Lipinski definition) is 4. The van der Waals surface area contributed by atoms with Gasteiger partial charge in [0.15, 0.2) is 5.82 Å². The van der Waals surface area contributed by atoms with Crippen LogP contribution in [0.3, 0.4) is 0 Å². The Kier molecular flexibility index (Phi) is 2.17. The van der Waals surface area contributed by atoms with Crippen LogP contribution in [0, 0.1) is 6.92 Å². The highest BCUT2D eigenvalue weighted by Gasteiger charge is 2.10. The molecule has 0 fully saturated rings. The molecule has 66 valence electrons. The van der Waals surface area contributed by atoms with E-state index in [0.717, 1.165) is 5.69 Å². The number of rotatable bonds is 1. The molecular weight excluding hydrogens is 152 g/mol. The first-order valence-corrected chi connectivity index (χ1v) is 3.92. The van der Waals surface area contributed by atoms with Crippen molar-refractivity contribution < 1.29 is 0 Å². The molecule has 0 aromatic carbocycles. The summed E-state index contributed by atoms with van der Waals surface area (Å²) in [7, 11) is 0. The van der Waals surface area contributed by atoms with Gasteiger partial charge in [-0.25, -0.2) is 9.97 Å². The van der Waals surface area contributed by atoms with Gasteiger partial charge in [-0.1, -0.05) is 13.8 Å². The van der Waals surface area contributed by atoms with E-state index in [1.54, 1.807) is 0 Å². The number of nitrogen functional groups attached to an aromatic ring is 2. The molecule has 4 nitrogen and oxygen atoms in total. The lowest BCUT2D eigenvalue weighted by molar-refractivity contribution is 0.808. The van der Waals surface area contributed by atoms with Crippen LogP contribution in [0.1, 0.15) is 31.3 Å². The molecule has 0 amide bonds. The van der Waals surface area contributed by atoms with Crippen LogP contribution in [0.15, 0.2) is 0 Å². The van der Waals surface area contributed by atoms with Gasteiger partial charge < -0.3 is 11.5 Å². The van der Waals surface area contributed by atoms with Gasteiger partial charge in [-0.05, 0) is 12.8 Å². The standard InChI is InChI=1S/C8H14N4/c1-4(2)7-6(9)8(10)12-5(3)11-7/h4H,9H2,1-3H3,(H2,10,11,12). The zero-order valence-electron chi connectivity index (χ0n) is 7.63. The number of aromatic nitrogens is 2. The summed E-state index contributed by atoms with van der Waals surface area (Å²) in [5.41, 5.74) is 12.6. The molecule has 1 heterocycles. The molecule has 0 atom stereocenters. The summed E-state index contributed by atoms with van der Waals surface area (Å²) in [5.74, 6) is 1.34. The molecule has 4 heteroatoms. The molecule has 0 aliphatic carbocycles. The molecule has 0 saturated heterocycles. The smallest absolute Gasteiger partial charge is 0.150 e. The molecule has 12 heavy (non-hydrogen) atoms. The minimum atomic E-state index is 0.286. The fourth-order valence-electron chi connectivity index (χ4n) is 1.07. The summed E-state index contributed by atoms with van der Waals surface area (Å²) in [6.07, 6.45) is 0. The predicted molar refractivity (Wildman–Crippen MR) is 49.7 cm³/mol. The fourth-order valence-corrected chi connectivity index (χ4v) is 1.07. The van der Waals surface area contributed by atoms with Gasteiger partial charge in [-0.15, -0.1) is 0 Å². The maximum Gasteiger partial charge on any atom is 0.150 e. The molecule has 0 saturated carbocycles. The van der Waals surface area contributed by atoms with Crippen LogP contribution < -0.4 is 11.5 Å². The third kappa shape index (κ3) is 1.47. The van der Waals surface area contributed by atoms with E-state index >= 15 is 0 Å². The van der Waals surface area contributed by atoms with Gasteiger partial charge in [-0.3, -0.25) is 0 Å². The van der Waals surface area contributed by atoms with Crippen LogP contribution in [0.25, 0.3) is 0 Å². The highest BCUT2D eigenvalue weighted by atomic mass is 15.0. The van der Waals surface area contributed by atoms with E-state index in [2.05, 4.69) is 9.97 Å². The van der Waals surface area contributed by atoms with E-state index in [1.165, 1.54) is 0 Å². The van der Waals surface area contributed by atoms with Crippen molar-refractivity contribution in [3.8, 4) is 0 Å². The van der Waals surface area contributed by atoms with Crippen molar-refractivity contribution in [3.63, 3.8) is 0 Å². The molecule has 1 aromatic heterocycles. The number of anilines is 2. The number of nitrogens with two attached hydrogens (primary N) is 2. The number of aryl methyl sites for hydroxylation is 1. The topological polar surface area (TPSA) is 77.8 Å². The summed E-state index contributed by atoms with van der Waals surface area (Å²) in [6, 6.07) is 0. The maximum atomic E-state index is 5.70. The molecule has 1 rings (SSSR count). The molecule has 1 aromatic rings. The maximum absolute atomic E-state index is 5.70. The van der Waals surface area contributed by atoms with Gasteiger partial charge >= 0.3 is 0 Å². The first-order valence-electron chi connectivity index (χ1n) is 3.92. The van der Waals surface area contributed by atoms with E-state index in [-0.39, 0.29) is 5.92 Å². The van der Waals surface area contributed by atoms with Crippen LogP contribution in [-0.2, 0) is 0 Å². The molecular formula is C8H14N4. The van der Waals surface area contributed by atoms with Crippen molar-refractivity contribution >= 4 is 11.5 Å². The van der Waals surface area contributed by atoms with Crippen LogP contribution in [0.5, 0.6) is 0 Å². The van der Waals surface area contributed by atoms with E-state index in [0.29, 0.717) is 17.3 Å². The summed E-state index contributed by atoms with van der Waals surface area (Å²) >= 11 is 0. The number of nitrogens with zero attached hydrogens (tertiary/aromatic N) is 2. The second-order valence-corrected chi connectivity index (χ2v) is 3.11. The Hall–Kier alpha value is -1.32. The van der Waals surface area contributed by atoms with Crippen molar-refractivity contribution in [3.05, 3.63) is 11.5 Å². The first kappa shape index (κ1) is 8.77. The Morgan fingerprint density at radius 1 is 1.17 bits per heavy atom. The monoisotopic (exact) mass is 166 g/mol. The van der Waals surface area contributed by atoms with Crippen LogP contribution in [-0.4, -0.2) is 9.97 Å². The highest BCUT2D eigenvalue weighted by molar-refractivity contribution is 5.61. The average molecular weight is 166 g/mol. The predicted octanol–water partition coefficient (Wildman–Crippen LogP) is 1.07. The highest BCUT2D eigenvalue weighted by Crippen LogP contribution is 2.22. The quantitative estimate of drug-likeness (QED) is 0.654. The summed E-state index contributed by atoms with van der Waals surface area (Å²) < 4.78 is 0. The normalized spacial score (nSPS) is 10.7. The Bertz CT molecular complexity index is 293. The van der Waals surface area contributed by atoms with Gasteiger partial charge in [0.1, 0.15) is 5.82 Å². The van der Waals surface area contributed by atoms with Crippen molar-refractivity contribution in [1.82, 2.24) is 9.97 Å². The van der Waals surface area contributed by atoms with Crippen LogP contribution in [0.2, 0.25) is 0 Å². The summed E-state index contributed by atoms with van der Waals surface area (Å²) in [5, 5.41) is 0. The average Bonchev–Trinajstić information content (AvgIpc) is 1.96. The van der Waals surface area contributed by atoms with E-state index in [4.69, 9.17) is 11.5 Å². The van der Waals surface area contributed by atoms with E-state index in [9.17, 15) is 0 Å². The Labute approximate surface area is 72.0 Å². The summed E-state index contributed by atoms with van der Waals surface area (Å²) in [6.45, 7) is 5.86. The molecule has 0 radical (unpaired) electrons. The zero-order chi connectivity index (χ0) is 9.30. The van der Waals surface area contributed by atoms with Gasteiger partial charge in [0, 0.05) is 0 Å². The van der Waals surface area contributed by atoms with Gasteiger partial charge in [0.25, 0.3) is 0 Å². The molecule has 0 bridgehead atoms. The SMILES string of the molecule is Cc1nc(N)c(N)c(C(C)C)n1. The van der Waals surface area contributed by atoms with Crippen molar-refractivity contribution in [1.29, 1.82) is 0 Å². The number of hydrogen-bond donors (Lipinski definition) is 2. The van der Waals surface area contributed by atoms with Crippen LogP contribution in [0.4, 0.5) is 11.5 Å². The van der Waals surface area contributed by atoms with Gasteiger partial charge in [0.2, 0.25) is 0 Å². The minimum absolute atomic E-state index is 0.286. The van der Waals surface area contributed by atoms with Gasteiger partial charge in [0.05, 0.1) is 11.4 Å². The first-order chi connectivity index (χ1) is 5.52. The molecule has 0 aliphatic heterocycles. The molecule has 0 spiro atoms. The third-order valence-electron chi connectivity index (χ3n) is 1.66. The fraction of sp³-hybridized carbons (Fsp3) is 0.500. The molecule has 0 unspecified atom stereocenters. The minimum Gasteiger partial charge on any atom is -0.394 e. The largest absolute Gasteiger partial charge is 0.394 e. The Morgan fingerprint density at radius 3 is 2.25 bits per heavy atom. The van der Waals surface area contributed by atoms with Crippen molar-refractivity contribution in [2.45, 2.75) is 26.7 Å². The lowest BCUT2D eigenvalue weighted by atomic mass is 10.1. The van der Waals surface area contributed by atoms with Crippen LogP contribution >= 0.6 is 0 Å². The van der Waals surface area contributed by atoms with Crippen molar-refractivity contribution in [2.75, 3.05) is 11.5 Å². The molecule has 4 N–H and O–H groups in total. The third-order valence-corrected chi connectivity index (χ3v) is 1.66. The Balaban J connectivity index is 3.28.